The van der Waals surface area contributed by atoms with E-state index in [0.717, 1.165) is 12.0 Å². The van der Waals surface area contributed by atoms with Crippen LogP contribution in [0.5, 0.6) is 0 Å². The number of aromatic amines is 1. The Hall–Kier alpha value is -4.34. The molecule has 5 N–H and O–H groups in total. The van der Waals surface area contributed by atoms with Crippen LogP contribution in [0.25, 0.3) is 0 Å². The van der Waals surface area contributed by atoms with E-state index in [2.05, 4.69) is 15.6 Å². The Balaban J connectivity index is 1.91. The third-order valence-corrected chi connectivity index (χ3v) is 5.47. The highest BCUT2D eigenvalue weighted by Crippen LogP contribution is 2.20. The van der Waals surface area contributed by atoms with Gasteiger partial charge >= 0.3 is 5.69 Å². The van der Waals surface area contributed by atoms with Crippen LogP contribution in [-0.2, 0) is 17.9 Å². The molecule has 0 bridgehead atoms. The Morgan fingerprint density at radius 2 is 1.74 bits per heavy atom. The topological polar surface area (TPSA) is 142 Å². The van der Waals surface area contributed by atoms with E-state index in [9.17, 15) is 19.2 Å². The fourth-order valence-corrected chi connectivity index (χ4v) is 3.66. The van der Waals surface area contributed by atoms with Crippen molar-refractivity contribution in [3.63, 3.8) is 0 Å². The number of nitrogens with zero attached hydrogens (tertiary/aromatic N) is 2. The summed E-state index contributed by atoms with van der Waals surface area (Å²) < 4.78 is 1.33. The van der Waals surface area contributed by atoms with Crippen LogP contribution < -0.4 is 32.5 Å². The molecule has 0 aliphatic carbocycles. The molecule has 0 saturated carbocycles. The number of aromatic nitrogens is 2. The van der Waals surface area contributed by atoms with Gasteiger partial charge < -0.3 is 21.3 Å². The summed E-state index contributed by atoms with van der Waals surface area (Å²) >= 11 is 0. The van der Waals surface area contributed by atoms with Crippen LogP contribution >= 0.6 is 0 Å². The lowest BCUT2D eigenvalue weighted by atomic mass is 10.2. The number of benzene rings is 2. The maximum Gasteiger partial charge on any atom is 0.330 e. The van der Waals surface area contributed by atoms with Crippen molar-refractivity contribution >= 4 is 29.0 Å². The van der Waals surface area contributed by atoms with Gasteiger partial charge in [0, 0.05) is 31.4 Å². The second-order valence-electron chi connectivity index (χ2n) is 8.04. The lowest BCUT2D eigenvalue weighted by Crippen LogP contribution is -2.41. The zero-order valence-corrected chi connectivity index (χ0v) is 19.8. The number of nitrogens with two attached hydrogens (primary N) is 1. The average Bonchev–Trinajstić information content (AvgIpc) is 2.84. The molecule has 2 amide bonds. The zero-order valence-electron chi connectivity index (χ0n) is 19.8. The average molecular weight is 479 g/mol. The summed E-state index contributed by atoms with van der Waals surface area (Å²) in [6.45, 7) is 2.38. The molecule has 0 spiro atoms. The fourth-order valence-electron chi connectivity index (χ4n) is 3.66. The number of unbranched alkanes of at least 4 members (excludes halogenated alkanes) is 1. The zero-order chi connectivity index (χ0) is 25.4. The Bertz CT molecular complexity index is 1280. The summed E-state index contributed by atoms with van der Waals surface area (Å²) in [7, 11) is 1.54. The minimum atomic E-state index is -0.654. The molecule has 1 aromatic heterocycles. The van der Waals surface area contributed by atoms with Crippen LogP contribution in [0.15, 0.2) is 64.2 Å². The van der Waals surface area contributed by atoms with Crippen molar-refractivity contribution in [2.24, 2.45) is 0 Å². The van der Waals surface area contributed by atoms with Gasteiger partial charge in [-0.05, 0) is 36.2 Å². The Morgan fingerprint density at radius 1 is 1.06 bits per heavy atom. The highest BCUT2D eigenvalue weighted by atomic mass is 16.2. The minimum absolute atomic E-state index is 0.0193. The molecule has 3 aromatic rings. The summed E-state index contributed by atoms with van der Waals surface area (Å²) in [4.78, 5) is 53.8. The van der Waals surface area contributed by atoms with Crippen LogP contribution in [0.3, 0.4) is 0 Å². The molecule has 2 aromatic carbocycles. The van der Waals surface area contributed by atoms with Crippen molar-refractivity contribution in [3.05, 3.63) is 86.6 Å². The van der Waals surface area contributed by atoms with Gasteiger partial charge in [-0.2, -0.15) is 0 Å². The highest BCUT2D eigenvalue weighted by molar-refractivity contribution is 5.96. The summed E-state index contributed by atoms with van der Waals surface area (Å²) in [5.74, 6) is -0.602. The van der Waals surface area contributed by atoms with Gasteiger partial charge in [-0.1, -0.05) is 43.7 Å². The molecular weight excluding hydrogens is 448 g/mol. The second-order valence-corrected chi connectivity index (χ2v) is 8.04. The Morgan fingerprint density at radius 3 is 2.37 bits per heavy atom. The van der Waals surface area contributed by atoms with Gasteiger partial charge in [0.05, 0.1) is 6.54 Å². The van der Waals surface area contributed by atoms with E-state index < -0.39 is 17.2 Å². The van der Waals surface area contributed by atoms with Gasteiger partial charge in [0.25, 0.3) is 11.5 Å². The number of carbonyl (C=O) groups is 2. The molecule has 1 heterocycles. The van der Waals surface area contributed by atoms with Crippen LogP contribution in [0.1, 0.15) is 35.7 Å². The van der Waals surface area contributed by atoms with E-state index in [0.29, 0.717) is 24.2 Å². The molecule has 0 saturated heterocycles. The SMILES string of the molecule is CCCCn1c(N)c(N(CC(=O)Nc2ccc(C(=O)NC)cc2)Cc2ccccc2)c(=O)[nH]c1=O. The van der Waals surface area contributed by atoms with Crippen molar-refractivity contribution in [3.8, 4) is 0 Å². The summed E-state index contributed by atoms with van der Waals surface area (Å²) in [5, 5.41) is 5.32. The molecule has 10 nitrogen and oxygen atoms in total. The first-order valence-electron chi connectivity index (χ1n) is 11.4. The summed E-state index contributed by atoms with van der Waals surface area (Å²) in [6.07, 6.45) is 1.55. The number of rotatable bonds is 10. The molecule has 0 unspecified atom stereocenters. The monoisotopic (exact) mass is 478 g/mol. The van der Waals surface area contributed by atoms with Crippen LogP contribution in [0, 0.1) is 0 Å². The third kappa shape index (κ3) is 6.38. The van der Waals surface area contributed by atoms with E-state index >= 15 is 0 Å². The second kappa shape index (κ2) is 11.7. The Kier molecular flexibility index (Phi) is 8.44. The molecule has 35 heavy (non-hydrogen) atoms. The molecule has 3 rings (SSSR count). The molecule has 10 heteroatoms. The molecule has 0 aliphatic heterocycles. The van der Waals surface area contributed by atoms with E-state index in [4.69, 9.17) is 5.73 Å². The van der Waals surface area contributed by atoms with Gasteiger partial charge in [0.2, 0.25) is 5.91 Å². The molecule has 184 valence electrons. The number of carbonyl (C=O) groups excluding carboxylic acids is 2. The molecule has 0 radical (unpaired) electrons. The molecule has 0 aliphatic rings. The largest absolute Gasteiger partial charge is 0.383 e. The molecule has 0 atom stereocenters. The first kappa shape index (κ1) is 25.3. The third-order valence-electron chi connectivity index (χ3n) is 5.47. The smallest absolute Gasteiger partial charge is 0.330 e. The quantitative estimate of drug-likeness (QED) is 0.351. The first-order valence-corrected chi connectivity index (χ1v) is 11.4. The number of hydrogen-bond donors (Lipinski definition) is 4. The van der Waals surface area contributed by atoms with E-state index in [1.165, 1.54) is 11.6 Å². The van der Waals surface area contributed by atoms with Crippen molar-refractivity contribution in [1.82, 2.24) is 14.9 Å². The highest BCUT2D eigenvalue weighted by Gasteiger charge is 2.21. The predicted molar refractivity (Wildman–Crippen MR) is 137 cm³/mol. The lowest BCUT2D eigenvalue weighted by Gasteiger charge is -2.26. The van der Waals surface area contributed by atoms with Gasteiger partial charge in [0.15, 0.2) is 0 Å². The van der Waals surface area contributed by atoms with Gasteiger partial charge in [-0.15, -0.1) is 0 Å². The minimum Gasteiger partial charge on any atom is -0.383 e. The van der Waals surface area contributed by atoms with Crippen molar-refractivity contribution in [1.29, 1.82) is 0 Å². The van der Waals surface area contributed by atoms with E-state index in [-0.39, 0.29) is 30.5 Å². The van der Waals surface area contributed by atoms with Gasteiger partial charge in [0.1, 0.15) is 11.5 Å². The first-order chi connectivity index (χ1) is 16.8. The fraction of sp³-hybridized carbons (Fsp3) is 0.280. The van der Waals surface area contributed by atoms with Crippen LogP contribution in [-0.4, -0.2) is 35.0 Å². The number of amides is 2. The van der Waals surface area contributed by atoms with E-state index in [1.54, 1.807) is 29.2 Å². The summed E-state index contributed by atoms with van der Waals surface area (Å²) in [5.41, 5.74) is 6.95. The standard InChI is InChI=1S/C25H30N6O4/c1-3-4-14-31-22(26)21(24(34)29-25(31)35)30(15-17-8-6-5-7-9-17)16-20(32)28-19-12-10-18(11-13-19)23(33)27-2/h5-13H,3-4,14-16,26H2,1-2H3,(H,27,33)(H,28,32)(H,29,34,35). The summed E-state index contributed by atoms with van der Waals surface area (Å²) in [6, 6.07) is 15.8. The van der Waals surface area contributed by atoms with Crippen LogP contribution in [0.2, 0.25) is 0 Å². The number of anilines is 3. The molecular formula is C25H30N6O4. The van der Waals surface area contributed by atoms with Gasteiger partial charge in [-0.25, -0.2) is 4.79 Å². The van der Waals surface area contributed by atoms with E-state index in [1.807, 2.05) is 37.3 Å². The number of nitrogen functional groups attached to an aromatic ring is 1. The van der Waals surface area contributed by atoms with Gasteiger partial charge in [-0.3, -0.25) is 23.9 Å². The number of H-pyrrole nitrogens is 1. The van der Waals surface area contributed by atoms with Crippen LogP contribution in [0.4, 0.5) is 17.2 Å². The van der Waals surface area contributed by atoms with Crippen molar-refractivity contribution in [2.45, 2.75) is 32.9 Å². The normalized spacial score (nSPS) is 10.6. The lowest BCUT2D eigenvalue weighted by molar-refractivity contribution is -0.115. The Labute approximate surface area is 202 Å². The van der Waals surface area contributed by atoms with Crippen molar-refractivity contribution < 1.29 is 9.59 Å². The number of nitrogens with one attached hydrogen (secondary N) is 3. The molecule has 0 fully saturated rings. The maximum atomic E-state index is 13.0. The number of hydrogen-bond acceptors (Lipinski definition) is 6. The predicted octanol–water partition coefficient (Wildman–Crippen LogP) is 1.92. The maximum absolute atomic E-state index is 13.0. The van der Waals surface area contributed by atoms with Crippen molar-refractivity contribution in [2.75, 3.05) is 29.5 Å².